The zero-order chi connectivity index (χ0) is 28.2. The normalized spacial score (nSPS) is 14.0. The van der Waals surface area contributed by atoms with Crippen molar-refractivity contribution in [2.75, 3.05) is 7.11 Å². The minimum atomic E-state index is -0.616. The number of halogens is 2. The summed E-state index contributed by atoms with van der Waals surface area (Å²) in [6, 6.07) is 25.0. The minimum Gasteiger partial charge on any atom is -0.495 e. The third-order valence-electron chi connectivity index (χ3n) is 6.32. The number of esters is 1. The molecule has 0 bridgehead atoms. The lowest BCUT2D eigenvalue weighted by Crippen LogP contribution is -2.21. The molecular formula is C31H22ClFN2O5. The van der Waals surface area contributed by atoms with Crippen LogP contribution >= 0.6 is 11.6 Å². The Kier molecular flexibility index (Phi) is 7.58. The van der Waals surface area contributed by atoms with Crippen molar-refractivity contribution in [1.82, 2.24) is 0 Å². The molecule has 5 rings (SSSR count). The standard InChI is InChI=1S/C31H22ClFN2O5/c1-37-27-13-6-20(14-26(27)32)31(36)39-23-11-12-24-28(15-23)40-30(35)25(16-34)29(24)19-4-9-22(10-5-19)38-17-18-2-7-21(33)8-3-18/h2-15,29H,17,35H2,1H3. The molecule has 0 amide bonds. The molecule has 4 aromatic rings. The second-order valence-electron chi connectivity index (χ2n) is 8.85. The number of benzene rings is 4. The van der Waals surface area contributed by atoms with E-state index in [2.05, 4.69) is 6.07 Å². The molecule has 0 radical (unpaired) electrons. The summed E-state index contributed by atoms with van der Waals surface area (Å²) in [5.74, 6) is 0.161. The first-order chi connectivity index (χ1) is 19.4. The largest absolute Gasteiger partial charge is 0.495 e. The molecular weight excluding hydrogens is 535 g/mol. The van der Waals surface area contributed by atoms with Crippen LogP contribution in [0.5, 0.6) is 23.0 Å². The van der Waals surface area contributed by atoms with Gasteiger partial charge in [-0.15, -0.1) is 0 Å². The van der Waals surface area contributed by atoms with Gasteiger partial charge in [0.1, 0.15) is 47.1 Å². The number of rotatable bonds is 7. The van der Waals surface area contributed by atoms with E-state index in [1.165, 1.54) is 25.3 Å². The first kappa shape index (κ1) is 26.6. The number of nitriles is 1. The summed E-state index contributed by atoms with van der Waals surface area (Å²) in [6.07, 6.45) is 0. The van der Waals surface area contributed by atoms with E-state index in [0.717, 1.165) is 11.1 Å². The zero-order valence-corrected chi connectivity index (χ0v) is 21.9. The molecule has 1 unspecified atom stereocenters. The first-order valence-corrected chi connectivity index (χ1v) is 12.5. The average Bonchev–Trinajstić information content (AvgIpc) is 2.96. The Labute approximate surface area is 234 Å². The summed E-state index contributed by atoms with van der Waals surface area (Å²) in [5, 5.41) is 10.1. The molecule has 40 heavy (non-hydrogen) atoms. The third kappa shape index (κ3) is 5.55. The Morgan fingerprint density at radius 3 is 2.42 bits per heavy atom. The number of hydrogen-bond acceptors (Lipinski definition) is 7. The molecule has 7 nitrogen and oxygen atoms in total. The van der Waals surface area contributed by atoms with Gasteiger partial charge < -0.3 is 24.7 Å². The fraction of sp³-hybridized carbons (Fsp3) is 0.0968. The molecule has 0 aliphatic carbocycles. The van der Waals surface area contributed by atoms with Gasteiger partial charge in [0.2, 0.25) is 5.88 Å². The van der Waals surface area contributed by atoms with Crippen LogP contribution in [-0.2, 0) is 6.61 Å². The topological polar surface area (TPSA) is 104 Å². The Morgan fingerprint density at radius 2 is 1.75 bits per heavy atom. The highest BCUT2D eigenvalue weighted by Gasteiger charge is 2.31. The van der Waals surface area contributed by atoms with Crippen LogP contribution in [0.25, 0.3) is 0 Å². The molecule has 1 aliphatic rings. The average molecular weight is 557 g/mol. The lowest BCUT2D eigenvalue weighted by atomic mass is 9.83. The van der Waals surface area contributed by atoms with Gasteiger partial charge in [-0.05, 0) is 59.7 Å². The van der Waals surface area contributed by atoms with Gasteiger partial charge in [0.25, 0.3) is 0 Å². The quantitative estimate of drug-likeness (QED) is 0.204. The van der Waals surface area contributed by atoms with Gasteiger partial charge in [0.05, 0.1) is 23.6 Å². The van der Waals surface area contributed by atoms with Crippen molar-refractivity contribution in [3.05, 3.63) is 129 Å². The van der Waals surface area contributed by atoms with Crippen LogP contribution in [0, 0.1) is 17.1 Å². The molecule has 1 aliphatic heterocycles. The molecule has 0 saturated carbocycles. The van der Waals surface area contributed by atoms with Gasteiger partial charge >= 0.3 is 5.97 Å². The molecule has 0 spiro atoms. The van der Waals surface area contributed by atoms with Crippen LogP contribution in [0.4, 0.5) is 4.39 Å². The first-order valence-electron chi connectivity index (χ1n) is 12.1. The van der Waals surface area contributed by atoms with Crippen LogP contribution in [0.3, 0.4) is 0 Å². The number of nitrogens with two attached hydrogens (primary N) is 1. The highest BCUT2D eigenvalue weighted by molar-refractivity contribution is 6.32. The Balaban J connectivity index is 1.36. The van der Waals surface area contributed by atoms with Crippen LogP contribution < -0.4 is 24.7 Å². The number of fused-ring (bicyclic) bond motifs is 1. The lowest BCUT2D eigenvalue weighted by Gasteiger charge is -2.26. The van der Waals surface area contributed by atoms with E-state index < -0.39 is 11.9 Å². The molecule has 1 heterocycles. The molecule has 0 saturated heterocycles. The van der Waals surface area contributed by atoms with Gasteiger partial charge in [0, 0.05) is 11.6 Å². The smallest absolute Gasteiger partial charge is 0.343 e. The Bertz CT molecular complexity index is 1650. The lowest BCUT2D eigenvalue weighted by molar-refractivity contribution is 0.0734. The number of carbonyl (C=O) groups excluding carboxylic acids is 1. The maximum Gasteiger partial charge on any atom is 0.343 e. The van der Waals surface area contributed by atoms with E-state index in [0.29, 0.717) is 22.8 Å². The second kappa shape index (κ2) is 11.4. The van der Waals surface area contributed by atoms with Gasteiger partial charge in [-0.1, -0.05) is 41.9 Å². The fourth-order valence-corrected chi connectivity index (χ4v) is 4.56. The Morgan fingerprint density at radius 1 is 1.02 bits per heavy atom. The fourth-order valence-electron chi connectivity index (χ4n) is 4.31. The summed E-state index contributed by atoms with van der Waals surface area (Å²) in [7, 11) is 1.48. The van der Waals surface area contributed by atoms with Crippen molar-refractivity contribution in [3.8, 4) is 29.1 Å². The number of carbonyl (C=O) groups is 1. The third-order valence-corrected chi connectivity index (χ3v) is 6.62. The van der Waals surface area contributed by atoms with E-state index >= 15 is 0 Å². The van der Waals surface area contributed by atoms with E-state index in [9.17, 15) is 14.4 Å². The highest BCUT2D eigenvalue weighted by Crippen LogP contribution is 2.43. The van der Waals surface area contributed by atoms with E-state index in [4.69, 9.17) is 36.3 Å². The summed E-state index contributed by atoms with van der Waals surface area (Å²) in [6.45, 7) is 0.278. The molecule has 4 aromatic carbocycles. The summed E-state index contributed by atoms with van der Waals surface area (Å²) < 4.78 is 35.3. The monoisotopic (exact) mass is 556 g/mol. The van der Waals surface area contributed by atoms with Crippen LogP contribution in [0.2, 0.25) is 5.02 Å². The molecule has 0 aromatic heterocycles. The van der Waals surface area contributed by atoms with Gasteiger partial charge in [-0.25, -0.2) is 9.18 Å². The SMILES string of the molecule is COc1ccc(C(=O)Oc2ccc3c(c2)OC(N)=C(C#N)C3c2ccc(OCc3ccc(F)cc3)cc2)cc1Cl. The number of nitrogens with zero attached hydrogens (tertiary/aromatic N) is 1. The minimum absolute atomic E-state index is 0.0398. The Hall–Kier alpha value is -5.00. The maximum absolute atomic E-state index is 13.1. The van der Waals surface area contributed by atoms with Crippen molar-refractivity contribution in [2.45, 2.75) is 12.5 Å². The zero-order valence-electron chi connectivity index (χ0n) is 21.2. The van der Waals surface area contributed by atoms with Crippen LogP contribution in [0.15, 0.2) is 96.4 Å². The van der Waals surface area contributed by atoms with Crippen molar-refractivity contribution in [1.29, 1.82) is 5.26 Å². The molecule has 9 heteroatoms. The molecule has 200 valence electrons. The predicted molar refractivity (Wildman–Crippen MR) is 146 cm³/mol. The van der Waals surface area contributed by atoms with Crippen molar-refractivity contribution in [2.24, 2.45) is 5.73 Å². The van der Waals surface area contributed by atoms with Crippen molar-refractivity contribution < 1.29 is 28.1 Å². The summed E-state index contributed by atoms with van der Waals surface area (Å²) in [4.78, 5) is 12.7. The van der Waals surface area contributed by atoms with Gasteiger partial charge in [-0.2, -0.15) is 5.26 Å². The van der Waals surface area contributed by atoms with E-state index in [-0.39, 0.29) is 40.2 Å². The second-order valence-corrected chi connectivity index (χ2v) is 9.25. The molecule has 0 fully saturated rings. The molecule has 2 N–H and O–H groups in total. The van der Waals surface area contributed by atoms with Crippen LogP contribution in [-0.4, -0.2) is 13.1 Å². The predicted octanol–water partition coefficient (Wildman–Crippen LogP) is 6.50. The number of allylic oxidation sites excluding steroid dienone is 1. The van der Waals surface area contributed by atoms with E-state index in [1.807, 2.05) is 12.1 Å². The maximum atomic E-state index is 13.1. The molecule has 1 atom stereocenters. The number of ether oxygens (including phenoxy) is 4. The van der Waals surface area contributed by atoms with Gasteiger partial charge in [0.15, 0.2) is 0 Å². The van der Waals surface area contributed by atoms with Crippen LogP contribution in [0.1, 0.15) is 33.0 Å². The van der Waals surface area contributed by atoms with Crippen molar-refractivity contribution >= 4 is 17.6 Å². The highest BCUT2D eigenvalue weighted by atomic mass is 35.5. The summed E-state index contributed by atoms with van der Waals surface area (Å²) >= 11 is 6.13. The van der Waals surface area contributed by atoms with Gasteiger partial charge in [-0.3, -0.25) is 0 Å². The van der Waals surface area contributed by atoms with E-state index in [1.54, 1.807) is 54.6 Å². The van der Waals surface area contributed by atoms with Crippen molar-refractivity contribution in [3.63, 3.8) is 0 Å². The number of hydrogen-bond donors (Lipinski definition) is 1. The summed E-state index contributed by atoms with van der Waals surface area (Å²) in [5.41, 5.74) is 8.92. The number of methoxy groups -OCH3 is 1.